The minimum Gasteiger partial charge on any atom is -0.423 e. The Bertz CT molecular complexity index is 866. The Morgan fingerprint density at radius 1 is 0.840 bits per heavy atom. The molecule has 0 aliphatic rings. The monoisotopic (exact) mass is 331 g/mol. The van der Waals surface area contributed by atoms with Crippen LogP contribution in [0, 0.1) is 0 Å². The van der Waals surface area contributed by atoms with Crippen molar-refractivity contribution in [2.45, 2.75) is 6.54 Å². The van der Waals surface area contributed by atoms with Crippen LogP contribution in [0.4, 0.5) is 5.69 Å². The molecule has 0 heterocycles. The van der Waals surface area contributed by atoms with Crippen molar-refractivity contribution < 1.29 is 14.8 Å². The van der Waals surface area contributed by atoms with E-state index in [2.05, 4.69) is 5.32 Å². The predicted octanol–water partition coefficient (Wildman–Crippen LogP) is 2.21. The third-order valence-electron chi connectivity index (χ3n) is 4.01. The zero-order valence-electron chi connectivity index (χ0n) is 13.6. The van der Waals surface area contributed by atoms with E-state index >= 15 is 0 Å². The predicted molar refractivity (Wildman–Crippen MR) is 99.9 cm³/mol. The molecular weight excluding hydrogens is 313 g/mol. The maximum absolute atomic E-state index is 12.7. The second-order valence-electron chi connectivity index (χ2n) is 5.67. The van der Waals surface area contributed by atoms with Crippen molar-refractivity contribution in [3.05, 3.63) is 95.6 Å². The van der Waals surface area contributed by atoms with E-state index in [-0.39, 0.29) is 5.78 Å². The largest absolute Gasteiger partial charge is 0.488 e. The third kappa shape index (κ3) is 3.96. The molecule has 3 aromatic rings. The summed E-state index contributed by atoms with van der Waals surface area (Å²) < 4.78 is 0. The standard InChI is InChI=1S/C20H18BNO3/c23-20(15-8-2-1-3-9-15)17-11-5-7-13-19(17)22-14-16-10-4-6-12-18(16)21(24)25/h1-13,22,24-25H,14H2. The van der Waals surface area contributed by atoms with Crippen LogP contribution in [-0.2, 0) is 6.54 Å². The first-order valence-corrected chi connectivity index (χ1v) is 8.03. The van der Waals surface area contributed by atoms with Crippen LogP contribution in [-0.4, -0.2) is 22.9 Å². The number of anilines is 1. The highest BCUT2D eigenvalue weighted by molar-refractivity contribution is 6.59. The lowest BCUT2D eigenvalue weighted by molar-refractivity contribution is 0.103. The number of ketones is 1. The smallest absolute Gasteiger partial charge is 0.423 e. The Morgan fingerprint density at radius 3 is 2.24 bits per heavy atom. The quantitative estimate of drug-likeness (QED) is 0.478. The van der Waals surface area contributed by atoms with Gasteiger partial charge in [0.25, 0.3) is 0 Å². The average Bonchev–Trinajstić information content (AvgIpc) is 2.67. The summed E-state index contributed by atoms with van der Waals surface area (Å²) in [5.41, 5.74) is 3.12. The second kappa shape index (κ2) is 7.79. The van der Waals surface area contributed by atoms with Crippen molar-refractivity contribution >= 4 is 24.1 Å². The maximum atomic E-state index is 12.7. The number of carbonyl (C=O) groups excluding carboxylic acids is 1. The molecule has 0 unspecified atom stereocenters. The van der Waals surface area contributed by atoms with Crippen molar-refractivity contribution in [1.82, 2.24) is 0 Å². The van der Waals surface area contributed by atoms with E-state index in [1.165, 1.54) is 0 Å². The Hall–Kier alpha value is -2.89. The molecule has 0 radical (unpaired) electrons. The SMILES string of the molecule is O=C(c1ccccc1)c1ccccc1NCc1ccccc1B(O)O. The minimum absolute atomic E-state index is 0.0563. The van der Waals surface area contributed by atoms with Crippen molar-refractivity contribution in [2.75, 3.05) is 5.32 Å². The molecule has 25 heavy (non-hydrogen) atoms. The molecule has 3 rings (SSSR count). The highest BCUT2D eigenvalue weighted by atomic mass is 16.4. The number of benzene rings is 3. The lowest BCUT2D eigenvalue weighted by atomic mass is 9.77. The van der Waals surface area contributed by atoms with Gasteiger partial charge in [-0.25, -0.2) is 0 Å². The summed E-state index contributed by atoms with van der Waals surface area (Å²) in [5.74, 6) is -0.0563. The topological polar surface area (TPSA) is 69.6 Å². The van der Waals surface area contributed by atoms with Crippen LogP contribution in [0.1, 0.15) is 21.5 Å². The van der Waals surface area contributed by atoms with Crippen LogP contribution >= 0.6 is 0 Å². The molecule has 0 aliphatic heterocycles. The first-order chi connectivity index (χ1) is 12.2. The van der Waals surface area contributed by atoms with Crippen LogP contribution < -0.4 is 10.8 Å². The number of nitrogens with one attached hydrogen (secondary N) is 1. The average molecular weight is 331 g/mol. The van der Waals surface area contributed by atoms with Gasteiger partial charge in [0.05, 0.1) is 0 Å². The van der Waals surface area contributed by atoms with E-state index in [1.807, 2.05) is 48.5 Å². The summed E-state index contributed by atoms with van der Waals surface area (Å²) in [4.78, 5) is 12.7. The molecule has 3 N–H and O–H groups in total. The minimum atomic E-state index is -1.53. The normalized spacial score (nSPS) is 10.3. The summed E-state index contributed by atoms with van der Waals surface area (Å²) >= 11 is 0. The van der Waals surface area contributed by atoms with Crippen molar-refractivity contribution in [1.29, 1.82) is 0 Å². The molecule has 0 amide bonds. The molecule has 3 aromatic carbocycles. The molecular formula is C20H18BNO3. The molecule has 0 fully saturated rings. The molecule has 0 aromatic heterocycles. The Morgan fingerprint density at radius 2 is 1.48 bits per heavy atom. The van der Waals surface area contributed by atoms with E-state index in [4.69, 9.17) is 0 Å². The fourth-order valence-electron chi connectivity index (χ4n) is 2.72. The molecule has 0 saturated heterocycles. The summed E-state index contributed by atoms with van der Waals surface area (Å²) in [7, 11) is -1.53. The number of para-hydroxylation sites is 1. The number of hydrogen-bond acceptors (Lipinski definition) is 4. The zero-order valence-corrected chi connectivity index (χ0v) is 13.6. The van der Waals surface area contributed by atoms with E-state index in [0.717, 1.165) is 5.56 Å². The summed E-state index contributed by atoms with van der Waals surface area (Å²) in [6, 6.07) is 23.5. The highest BCUT2D eigenvalue weighted by Crippen LogP contribution is 2.20. The summed E-state index contributed by atoms with van der Waals surface area (Å²) in [5, 5.41) is 22.2. The van der Waals surface area contributed by atoms with Crippen LogP contribution in [0.2, 0.25) is 0 Å². The first-order valence-electron chi connectivity index (χ1n) is 8.03. The van der Waals surface area contributed by atoms with Gasteiger partial charge < -0.3 is 15.4 Å². The van der Waals surface area contributed by atoms with Gasteiger partial charge in [-0.2, -0.15) is 0 Å². The van der Waals surface area contributed by atoms with E-state index < -0.39 is 7.12 Å². The van der Waals surface area contributed by atoms with Crippen molar-refractivity contribution in [3.8, 4) is 0 Å². The summed E-state index contributed by atoms with van der Waals surface area (Å²) in [6.07, 6.45) is 0. The molecule has 0 aliphatic carbocycles. The van der Waals surface area contributed by atoms with E-state index in [1.54, 1.807) is 30.3 Å². The zero-order chi connectivity index (χ0) is 17.6. The van der Waals surface area contributed by atoms with Crippen LogP contribution in [0.3, 0.4) is 0 Å². The van der Waals surface area contributed by atoms with Gasteiger partial charge in [0.1, 0.15) is 0 Å². The summed E-state index contributed by atoms with van der Waals surface area (Å²) in [6.45, 7) is 0.382. The number of rotatable bonds is 6. The highest BCUT2D eigenvalue weighted by Gasteiger charge is 2.16. The maximum Gasteiger partial charge on any atom is 0.488 e. The van der Waals surface area contributed by atoms with Crippen LogP contribution in [0.15, 0.2) is 78.9 Å². The van der Waals surface area contributed by atoms with Gasteiger partial charge in [0.2, 0.25) is 0 Å². The molecule has 5 heteroatoms. The number of hydrogen-bond donors (Lipinski definition) is 3. The van der Waals surface area contributed by atoms with Crippen molar-refractivity contribution in [2.24, 2.45) is 0 Å². The van der Waals surface area contributed by atoms with Gasteiger partial charge in [-0.3, -0.25) is 4.79 Å². The van der Waals surface area contributed by atoms with Gasteiger partial charge >= 0.3 is 7.12 Å². The molecule has 124 valence electrons. The fourth-order valence-corrected chi connectivity index (χ4v) is 2.72. The number of carbonyl (C=O) groups is 1. The molecule has 0 spiro atoms. The van der Waals surface area contributed by atoms with Crippen molar-refractivity contribution in [3.63, 3.8) is 0 Å². The van der Waals surface area contributed by atoms with Gasteiger partial charge in [0, 0.05) is 23.4 Å². The van der Waals surface area contributed by atoms with Gasteiger partial charge in [-0.15, -0.1) is 0 Å². The molecule has 0 atom stereocenters. The van der Waals surface area contributed by atoms with Crippen LogP contribution in [0.5, 0.6) is 0 Å². The third-order valence-corrected chi connectivity index (χ3v) is 4.01. The first kappa shape index (κ1) is 17.0. The van der Waals surface area contributed by atoms with Crippen LogP contribution in [0.25, 0.3) is 0 Å². The Balaban J connectivity index is 1.84. The lowest BCUT2D eigenvalue weighted by Gasteiger charge is -2.14. The Labute approximate surface area is 146 Å². The van der Waals surface area contributed by atoms with E-state index in [0.29, 0.717) is 28.8 Å². The van der Waals surface area contributed by atoms with E-state index in [9.17, 15) is 14.8 Å². The van der Waals surface area contributed by atoms with Gasteiger partial charge in [-0.05, 0) is 23.2 Å². The fraction of sp³-hybridized carbons (Fsp3) is 0.0500. The second-order valence-corrected chi connectivity index (χ2v) is 5.67. The van der Waals surface area contributed by atoms with Gasteiger partial charge in [-0.1, -0.05) is 66.7 Å². The molecule has 0 saturated carbocycles. The molecule has 0 bridgehead atoms. The lowest BCUT2D eigenvalue weighted by Crippen LogP contribution is -2.33. The Kier molecular flexibility index (Phi) is 5.28. The van der Waals surface area contributed by atoms with Gasteiger partial charge in [0.15, 0.2) is 5.78 Å². The molecule has 4 nitrogen and oxygen atoms in total.